The lowest BCUT2D eigenvalue weighted by Crippen LogP contribution is -2.52. The summed E-state index contributed by atoms with van der Waals surface area (Å²) in [6.45, 7) is 14.3. The van der Waals surface area contributed by atoms with Gasteiger partial charge in [0.25, 0.3) is 5.91 Å². The minimum Gasteiger partial charge on any atom is -0.473 e. The molecule has 47 heavy (non-hydrogen) atoms. The number of aryl methyl sites for hydroxylation is 1. The smallest absolute Gasteiger partial charge is 0.410 e. The Morgan fingerprint density at radius 3 is 2.13 bits per heavy atom. The number of carbonyl (C=O) groups is 2. The molecule has 6 rings (SSSR count). The number of piperidine rings is 2. The molecule has 0 radical (unpaired) electrons. The Kier molecular flexibility index (Phi) is 9.80. The molecule has 256 valence electrons. The number of hydrogen-bond donors (Lipinski definition) is 2. The average molecular weight is 649 g/mol. The number of nitrogens with two attached hydrogens (primary N) is 1. The van der Waals surface area contributed by atoms with Crippen LogP contribution in [-0.2, 0) is 11.2 Å². The molecule has 3 atom stereocenters. The summed E-state index contributed by atoms with van der Waals surface area (Å²) in [5.41, 5.74) is 7.88. The van der Waals surface area contributed by atoms with Crippen LogP contribution < -0.4 is 20.7 Å². The zero-order chi connectivity index (χ0) is 33.3. The minimum atomic E-state index is -0.648. The maximum atomic E-state index is 12.9. The van der Waals surface area contributed by atoms with Gasteiger partial charge in [0, 0.05) is 81.6 Å². The zero-order valence-electron chi connectivity index (χ0n) is 28.7. The first kappa shape index (κ1) is 33.3. The Balaban J connectivity index is 1.11. The summed E-state index contributed by atoms with van der Waals surface area (Å²) in [5.74, 6) is 0.0272. The number of nitrogens with zero attached hydrogens (tertiary/aromatic N) is 6. The first-order valence-corrected chi connectivity index (χ1v) is 17.4. The first-order valence-electron chi connectivity index (χ1n) is 17.4. The molecule has 0 saturated carbocycles. The van der Waals surface area contributed by atoms with Crippen molar-refractivity contribution in [2.75, 3.05) is 56.5 Å². The number of anilines is 3. The summed E-state index contributed by atoms with van der Waals surface area (Å²) in [4.78, 5) is 44.2. The molecular formula is C35H52N8O4. The van der Waals surface area contributed by atoms with Crippen molar-refractivity contribution in [3.05, 3.63) is 35.7 Å². The number of rotatable bonds is 8. The van der Waals surface area contributed by atoms with Gasteiger partial charge in [-0.05, 0) is 84.2 Å². The van der Waals surface area contributed by atoms with Gasteiger partial charge in [0.2, 0.25) is 5.88 Å². The molecule has 1 aromatic heterocycles. The number of aromatic nitrogens is 2. The van der Waals surface area contributed by atoms with E-state index in [2.05, 4.69) is 44.2 Å². The van der Waals surface area contributed by atoms with Gasteiger partial charge in [-0.15, -0.1) is 0 Å². The Morgan fingerprint density at radius 1 is 0.915 bits per heavy atom. The number of primary amides is 1. The van der Waals surface area contributed by atoms with E-state index in [-0.39, 0.29) is 35.8 Å². The molecule has 12 nitrogen and oxygen atoms in total. The van der Waals surface area contributed by atoms with Crippen LogP contribution in [0.2, 0.25) is 0 Å². The average Bonchev–Trinajstić information content (AvgIpc) is 3.31. The zero-order valence-corrected chi connectivity index (χ0v) is 28.7. The summed E-state index contributed by atoms with van der Waals surface area (Å²) in [5, 5.41) is 3.29. The van der Waals surface area contributed by atoms with Gasteiger partial charge in [-0.2, -0.15) is 4.98 Å². The Morgan fingerprint density at radius 2 is 1.55 bits per heavy atom. The molecule has 4 fully saturated rings. The van der Waals surface area contributed by atoms with Crippen LogP contribution in [0.5, 0.6) is 5.88 Å². The molecule has 0 spiro atoms. The van der Waals surface area contributed by atoms with E-state index in [4.69, 9.17) is 20.2 Å². The van der Waals surface area contributed by atoms with Crippen LogP contribution in [0, 0.1) is 0 Å². The van der Waals surface area contributed by atoms with Crippen LogP contribution in [0.3, 0.4) is 0 Å². The molecule has 12 heteroatoms. The van der Waals surface area contributed by atoms with Gasteiger partial charge in [0.15, 0.2) is 11.5 Å². The second-order valence-electron chi connectivity index (χ2n) is 14.6. The summed E-state index contributed by atoms with van der Waals surface area (Å²) in [6, 6.07) is 9.03. The van der Waals surface area contributed by atoms with E-state index in [9.17, 15) is 9.59 Å². The molecular weight excluding hydrogens is 596 g/mol. The monoisotopic (exact) mass is 648 g/mol. The summed E-state index contributed by atoms with van der Waals surface area (Å²) in [6.07, 6.45) is 5.73. The van der Waals surface area contributed by atoms with E-state index < -0.39 is 11.5 Å². The lowest BCUT2D eigenvalue weighted by molar-refractivity contribution is -0.00776. The predicted octanol–water partition coefficient (Wildman–Crippen LogP) is 4.41. The van der Waals surface area contributed by atoms with Crippen LogP contribution in [0.1, 0.15) is 82.4 Å². The van der Waals surface area contributed by atoms with E-state index in [0.29, 0.717) is 36.9 Å². The van der Waals surface area contributed by atoms with Gasteiger partial charge in [-0.3, -0.25) is 9.69 Å². The molecule has 2 aromatic rings. The number of ether oxygens (including phenoxy) is 2. The topological polar surface area (TPSA) is 129 Å². The highest BCUT2D eigenvalue weighted by Gasteiger charge is 2.46. The van der Waals surface area contributed by atoms with Crippen molar-refractivity contribution in [3.63, 3.8) is 0 Å². The van der Waals surface area contributed by atoms with Crippen molar-refractivity contribution >= 4 is 29.2 Å². The molecule has 0 unspecified atom stereocenters. The van der Waals surface area contributed by atoms with E-state index in [1.54, 1.807) is 0 Å². The van der Waals surface area contributed by atoms with Crippen LogP contribution in [0.25, 0.3) is 0 Å². The van der Waals surface area contributed by atoms with Crippen LogP contribution in [0.4, 0.5) is 22.0 Å². The van der Waals surface area contributed by atoms with Gasteiger partial charge in [0.1, 0.15) is 17.4 Å². The normalized spacial score (nSPS) is 24.3. The van der Waals surface area contributed by atoms with Gasteiger partial charge < -0.3 is 35.2 Å². The lowest BCUT2D eigenvalue weighted by atomic mass is 10.00. The molecule has 1 aromatic carbocycles. The van der Waals surface area contributed by atoms with Gasteiger partial charge >= 0.3 is 6.09 Å². The number of nitrogens with one attached hydrogen (secondary N) is 1. The Hall–Kier alpha value is -3.64. The summed E-state index contributed by atoms with van der Waals surface area (Å²) >= 11 is 0. The molecule has 0 aliphatic carbocycles. The molecule has 4 aliphatic rings. The Bertz CT molecular complexity index is 1400. The van der Waals surface area contributed by atoms with Crippen LogP contribution in [-0.4, -0.2) is 113 Å². The fourth-order valence-electron chi connectivity index (χ4n) is 7.60. The third-order valence-electron chi connectivity index (χ3n) is 10.1. The summed E-state index contributed by atoms with van der Waals surface area (Å²) in [7, 11) is 2.20. The largest absolute Gasteiger partial charge is 0.473 e. The van der Waals surface area contributed by atoms with Crippen molar-refractivity contribution in [2.45, 2.75) is 102 Å². The molecule has 4 saturated heterocycles. The number of fused-ring (bicyclic) bond motifs is 2. The number of hydrogen-bond acceptors (Lipinski definition) is 10. The van der Waals surface area contributed by atoms with Gasteiger partial charge in [-0.1, -0.05) is 6.92 Å². The van der Waals surface area contributed by atoms with E-state index >= 15 is 0 Å². The molecule has 4 aliphatic heterocycles. The maximum absolute atomic E-state index is 12.9. The molecule has 5 heterocycles. The molecule has 2 bridgehead atoms. The number of amides is 2. The third kappa shape index (κ3) is 7.75. The number of piperazine rings is 1. The first-order chi connectivity index (χ1) is 22.5. The Labute approximate surface area is 279 Å². The molecule has 3 N–H and O–H groups in total. The third-order valence-corrected chi connectivity index (χ3v) is 10.1. The van der Waals surface area contributed by atoms with Gasteiger partial charge in [0.05, 0.1) is 0 Å². The quantitative estimate of drug-likeness (QED) is 0.425. The van der Waals surface area contributed by atoms with Crippen LogP contribution >= 0.6 is 0 Å². The second-order valence-corrected chi connectivity index (χ2v) is 14.6. The lowest BCUT2D eigenvalue weighted by Gasteiger charge is -2.42. The summed E-state index contributed by atoms with van der Waals surface area (Å²) < 4.78 is 12.2. The van der Waals surface area contributed by atoms with Crippen molar-refractivity contribution in [1.82, 2.24) is 24.7 Å². The fraction of sp³-hybridized carbons (Fsp3) is 0.657. The van der Waals surface area contributed by atoms with Crippen molar-refractivity contribution in [1.29, 1.82) is 0 Å². The van der Waals surface area contributed by atoms with Gasteiger partial charge in [-0.25, -0.2) is 9.78 Å². The van der Waals surface area contributed by atoms with E-state index in [1.165, 1.54) is 18.5 Å². The predicted molar refractivity (Wildman–Crippen MR) is 182 cm³/mol. The SMILES string of the molecule is CCc1nc(C(N)=O)c(Nc2ccc(N3CCC(N4CCN(C)CC4)CC3)cc2)nc1O[C@H]1C[C@H]2CC[C@@H](C1)N2C(=O)OC(C)(C)C. The molecule has 2 amide bonds. The maximum Gasteiger partial charge on any atom is 0.410 e. The number of carbonyl (C=O) groups excluding carboxylic acids is 2. The van der Waals surface area contributed by atoms with E-state index in [1.807, 2.05) is 44.7 Å². The standard InChI is InChI=1S/C35H52N8O4/c1-6-29-33(46-28-21-26-11-12-27(22-28)43(26)34(45)47-35(2,3)4)39-32(30(38-29)31(36)44)37-23-7-9-24(10-8-23)41-15-13-25(14-16-41)42-19-17-40(5)18-20-42/h7-10,25-28H,6,11-22H2,1-5H3,(H2,36,44)(H,37,39)/t26-,27+,28+. The van der Waals surface area contributed by atoms with Crippen LogP contribution in [0.15, 0.2) is 24.3 Å². The minimum absolute atomic E-state index is 0.0604. The number of benzene rings is 1. The number of likely N-dealkylation sites (N-methyl/N-ethyl adjacent to an activating group) is 1. The van der Waals surface area contributed by atoms with Crippen molar-refractivity contribution < 1.29 is 19.1 Å². The fourth-order valence-corrected chi connectivity index (χ4v) is 7.60. The highest BCUT2D eigenvalue weighted by Crippen LogP contribution is 2.39. The van der Waals surface area contributed by atoms with Crippen molar-refractivity contribution in [2.24, 2.45) is 5.73 Å². The second kappa shape index (κ2) is 13.8. The van der Waals surface area contributed by atoms with E-state index in [0.717, 1.165) is 57.8 Å². The van der Waals surface area contributed by atoms with Crippen molar-refractivity contribution in [3.8, 4) is 5.88 Å². The highest BCUT2D eigenvalue weighted by atomic mass is 16.6. The highest BCUT2D eigenvalue weighted by molar-refractivity contribution is 5.96.